The molecule has 1 aliphatic rings. The van der Waals surface area contributed by atoms with Crippen molar-refractivity contribution in [1.82, 2.24) is 14.8 Å². The molecule has 0 spiro atoms. The van der Waals surface area contributed by atoms with Crippen LogP contribution in [0.15, 0.2) is 65.0 Å². The number of nitrogens with zero attached hydrogens (tertiary/aromatic N) is 3. The Morgan fingerprint density at radius 2 is 1.94 bits per heavy atom. The Kier molecular flexibility index (Phi) is 6.32. The summed E-state index contributed by atoms with van der Waals surface area (Å²) in [5.74, 6) is 1.44. The number of benzene rings is 2. The second-order valence-electron chi connectivity index (χ2n) is 7.90. The zero-order valence-corrected chi connectivity index (χ0v) is 19.2. The molecule has 0 saturated heterocycles. The summed E-state index contributed by atoms with van der Waals surface area (Å²) in [4.78, 5) is 17.1. The van der Waals surface area contributed by atoms with Gasteiger partial charge in [-0.25, -0.2) is 9.07 Å². The number of thioether (sulfide) groups is 1. The molecule has 1 aliphatic heterocycles. The number of carbonyl (C=O) groups is 1. The van der Waals surface area contributed by atoms with Crippen molar-refractivity contribution >= 4 is 23.5 Å². The molecule has 1 N–H and O–H groups in total. The number of anilines is 1. The molecule has 1 unspecified atom stereocenters. The van der Waals surface area contributed by atoms with Gasteiger partial charge in [0.15, 0.2) is 5.78 Å². The second-order valence-corrected chi connectivity index (χ2v) is 8.84. The summed E-state index contributed by atoms with van der Waals surface area (Å²) >= 11 is 1.35. The second kappa shape index (κ2) is 9.16. The number of Topliss-reactive ketones (excluding diaryl/α,β-unsaturated/α-hetero) is 1. The Morgan fingerprint density at radius 1 is 1.22 bits per heavy atom. The van der Waals surface area contributed by atoms with E-state index >= 15 is 0 Å². The predicted octanol–water partition coefficient (Wildman–Crippen LogP) is 5.37. The molecule has 0 bridgehead atoms. The number of hydrogen-bond donors (Lipinski definition) is 1. The van der Waals surface area contributed by atoms with Crippen molar-refractivity contribution in [2.24, 2.45) is 0 Å². The van der Waals surface area contributed by atoms with E-state index in [1.54, 1.807) is 29.8 Å². The lowest BCUT2D eigenvalue weighted by Crippen LogP contribution is -2.27. The highest BCUT2D eigenvalue weighted by atomic mass is 32.2. The van der Waals surface area contributed by atoms with Gasteiger partial charge in [0.2, 0.25) is 11.1 Å². The van der Waals surface area contributed by atoms with Crippen molar-refractivity contribution in [2.45, 2.75) is 50.8 Å². The van der Waals surface area contributed by atoms with Crippen LogP contribution in [0.25, 0.3) is 0 Å². The summed E-state index contributed by atoms with van der Waals surface area (Å²) in [5.41, 5.74) is 2.87. The lowest BCUT2D eigenvalue weighted by molar-refractivity contribution is -0.114. The number of ketones is 1. The maximum absolute atomic E-state index is 14.0. The Labute approximate surface area is 190 Å². The fraction of sp³-hybridized carbons (Fsp3) is 0.292. The van der Waals surface area contributed by atoms with E-state index in [4.69, 9.17) is 4.74 Å². The fourth-order valence-corrected chi connectivity index (χ4v) is 4.53. The van der Waals surface area contributed by atoms with Crippen LogP contribution in [0.5, 0.6) is 5.75 Å². The van der Waals surface area contributed by atoms with Crippen molar-refractivity contribution in [1.29, 1.82) is 0 Å². The number of allylic oxidation sites excluding steroid dienone is 2. The molecule has 0 radical (unpaired) electrons. The first-order valence-electron chi connectivity index (χ1n) is 10.4. The molecule has 2 heterocycles. The first-order chi connectivity index (χ1) is 15.3. The highest BCUT2D eigenvalue weighted by molar-refractivity contribution is 7.98. The maximum Gasteiger partial charge on any atom is 0.227 e. The SMILES string of the molecule is CC(=O)C1=C(C)Nc2nc(SCc3ccccc3F)nn2C1c1ccc(OC(C)C)cc1. The normalized spacial score (nSPS) is 15.5. The number of hydrogen-bond acceptors (Lipinski definition) is 6. The topological polar surface area (TPSA) is 69.0 Å². The van der Waals surface area contributed by atoms with E-state index < -0.39 is 6.04 Å². The Hall–Kier alpha value is -3.13. The van der Waals surface area contributed by atoms with E-state index in [1.165, 1.54) is 17.8 Å². The minimum atomic E-state index is -0.410. The molecule has 32 heavy (non-hydrogen) atoms. The van der Waals surface area contributed by atoms with E-state index in [2.05, 4.69) is 15.4 Å². The zero-order chi connectivity index (χ0) is 22.8. The summed E-state index contributed by atoms with van der Waals surface area (Å²) in [6.45, 7) is 7.37. The van der Waals surface area contributed by atoms with Crippen LogP contribution in [-0.2, 0) is 10.5 Å². The van der Waals surface area contributed by atoms with Gasteiger partial charge < -0.3 is 10.1 Å². The van der Waals surface area contributed by atoms with E-state index in [1.807, 2.05) is 45.0 Å². The molecule has 3 aromatic rings. The monoisotopic (exact) mass is 452 g/mol. The van der Waals surface area contributed by atoms with Crippen LogP contribution in [0.3, 0.4) is 0 Å². The van der Waals surface area contributed by atoms with Crippen molar-refractivity contribution in [3.8, 4) is 5.75 Å². The third-order valence-corrected chi connectivity index (χ3v) is 5.98. The quantitative estimate of drug-likeness (QED) is 0.486. The summed E-state index contributed by atoms with van der Waals surface area (Å²) in [5, 5.41) is 8.36. The van der Waals surface area contributed by atoms with Crippen molar-refractivity contribution in [2.75, 3.05) is 5.32 Å². The van der Waals surface area contributed by atoms with Gasteiger partial charge in [0.1, 0.15) is 17.6 Å². The van der Waals surface area contributed by atoms with Gasteiger partial charge >= 0.3 is 0 Å². The standard InChI is InChI=1S/C24H25FN4O2S/c1-14(2)31-19-11-9-17(10-12-19)22-21(16(4)30)15(3)26-23-27-24(28-29(22)23)32-13-18-7-5-6-8-20(18)25/h5-12,14,22H,13H2,1-4H3,(H,26,27,28). The third-order valence-electron chi connectivity index (χ3n) is 5.09. The first kappa shape index (κ1) is 22.1. The van der Waals surface area contributed by atoms with Gasteiger partial charge in [0.25, 0.3) is 0 Å². The van der Waals surface area contributed by atoms with Crippen molar-refractivity contribution in [3.05, 3.63) is 76.7 Å². The molecule has 166 valence electrons. The van der Waals surface area contributed by atoms with Crippen LogP contribution in [0.2, 0.25) is 0 Å². The largest absolute Gasteiger partial charge is 0.491 e. The molecule has 0 saturated carbocycles. The average molecular weight is 453 g/mol. The number of fused-ring (bicyclic) bond motifs is 1. The summed E-state index contributed by atoms with van der Waals surface area (Å²) in [6.07, 6.45) is 0.0746. The molecule has 6 nitrogen and oxygen atoms in total. The van der Waals surface area contributed by atoms with E-state index in [0.29, 0.717) is 28.0 Å². The molecular weight excluding hydrogens is 427 g/mol. The smallest absolute Gasteiger partial charge is 0.227 e. The number of rotatable bonds is 7. The molecule has 4 rings (SSSR count). The number of ether oxygens (including phenoxy) is 1. The van der Waals surface area contributed by atoms with Gasteiger partial charge in [0, 0.05) is 17.0 Å². The van der Waals surface area contributed by atoms with Crippen molar-refractivity contribution in [3.63, 3.8) is 0 Å². The van der Waals surface area contributed by atoms with Gasteiger partial charge in [-0.1, -0.05) is 42.1 Å². The summed E-state index contributed by atoms with van der Waals surface area (Å²) in [7, 11) is 0. The predicted molar refractivity (Wildman–Crippen MR) is 123 cm³/mol. The number of halogens is 1. The molecule has 0 amide bonds. The van der Waals surface area contributed by atoms with Crippen LogP contribution < -0.4 is 10.1 Å². The highest BCUT2D eigenvalue weighted by Gasteiger charge is 2.32. The van der Waals surface area contributed by atoms with Crippen LogP contribution in [-0.4, -0.2) is 26.7 Å². The van der Waals surface area contributed by atoms with Gasteiger partial charge in [-0.3, -0.25) is 4.79 Å². The van der Waals surface area contributed by atoms with Crippen LogP contribution >= 0.6 is 11.8 Å². The first-order valence-corrected chi connectivity index (χ1v) is 11.4. The number of carbonyl (C=O) groups excluding carboxylic acids is 1. The van der Waals surface area contributed by atoms with E-state index in [-0.39, 0.29) is 17.7 Å². The van der Waals surface area contributed by atoms with Crippen LogP contribution in [0.1, 0.15) is 44.9 Å². The average Bonchev–Trinajstić information content (AvgIpc) is 3.14. The molecule has 1 aromatic heterocycles. The Bertz CT molecular complexity index is 1170. The summed E-state index contributed by atoms with van der Waals surface area (Å²) in [6, 6.07) is 13.9. The lowest BCUT2D eigenvalue weighted by Gasteiger charge is -2.28. The van der Waals surface area contributed by atoms with Gasteiger partial charge in [-0.15, -0.1) is 5.10 Å². The van der Waals surface area contributed by atoms with Crippen LogP contribution in [0, 0.1) is 5.82 Å². The molecule has 0 aliphatic carbocycles. The van der Waals surface area contributed by atoms with Gasteiger partial charge in [-0.2, -0.15) is 4.98 Å². The number of aromatic nitrogens is 3. The van der Waals surface area contributed by atoms with Crippen LogP contribution in [0.4, 0.5) is 10.3 Å². The minimum absolute atomic E-state index is 0.0378. The maximum atomic E-state index is 14.0. The summed E-state index contributed by atoms with van der Waals surface area (Å²) < 4.78 is 21.5. The Balaban J connectivity index is 1.66. The fourth-order valence-electron chi connectivity index (χ4n) is 3.72. The minimum Gasteiger partial charge on any atom is -0.491 e. The Morgan fingerprint density at radius 3 is 2.59 bits per heavy atom. The molecule has 0 fully saturated rings. The molecular formula is C24H25FN4O2S. The highest BCUT2D eigenvalue weighted by Crippen LogP contribution is 2.37. The van der Waals surface area contributed by atoms with Crippen molar-refractivity contribution < 1.29 is 13.9 Å². The van der Waals surface area contributed by atoms with Gasteiger partial charge in [-0.05, 0) is 57.0 Å². The zero-order valence-electron chi connectivity index (χ0n) is 18.4. The number of nitrogens with one attached hydrogen (secondary N) is 1. The molecule has 2 aromatic carbocycles. The van der Waals surface area contributed by atoms with Gasteiger partial charge in [0.05, 0.1) is 6.10 Å². The van der Waals surface area contributed by atoms with E-state index in [0.717, 1.165) is 17.0 Å². The van der Waals surface area contributed by atoms with E-state index in [9.17, 15) is 9.18 Å². The third kappa shape index (κ3) is 4.55. The molecule has 1 atom stereocenters. The molecule has 8 heteroatoms. The lowest BCUT2D eigenvalue weighted by atomic mass is 9.93.